The first-order valence-corrected chi connectivity index (χ1v) is 41.8. The van der Waals surface area contributed by atoms with Crippen LogP contribution < -0.4 is 5.32 Å². The van der Waals surface area contributed by atoms with Gasteiger partial charge in [-0.25, -0.2) is 0 Å². The van der Waals surface area contributed by atoms with Crippen molar-refractivity contribution in [1.29, 1.82) is 0 Å². The summed E-state index contributed by atoms with van der Waals surface area (Å²) in [6.45, 7) is 4.96. The van der Waals surface area contributed by atoms with Crippen LogP contribution in [0.5, 0.6) is 0 Å². The van der Waals surface area contributed by atoms with Gasteiger partial charge in [0.25, 0.3) is 0 Å². The van der Waals surface area contributed by atoms with Crippen LogP contribution in [0.2, 0.25) is 0 Å². The normalized spacial score (nSPS) is 12.6. The molecule has 0 aromatic rings. The van der Waals surface area contributed by atoms with Crippen molar-refractivity contribution in [3.8, 4) is 0 Å². The van der Waals surface area contributed by atoms with E-state index in [0.29, 0.717) is 19.4 Å². The third-order valence-electron chi connectivity index (χ3n) is 19.7. The lowest BCUT2D eigenvalue weighted by atomic mass is 10.0. The van der Waals surface area contributed by atoms with E-state index in [1.807, 2.05) is 6.08 Å². The maximum atomic E-state index is 12.6. The monoisotopic (exact) mass is 1280 g/mol. The van der Waals surface area contributed by atoms with E-state index < -0.39 is 12.1 Å². The molecule has 6 heteroatoms. The molecule has 0 radical (unpaired) electrons. The Labute approximate surface area is 570 Å². The van der Waals surface area contributed by atoms with Gasteiger partial charge in [-0.1, -0.05) is 429 Å². The number of nitrogens with one attached hydrogen (secondary N) is 1. The molecule has 0 bridgehead atoms. The van der Waals surface area contributed by atoms with Gasteiger partial charge in [0.2, 0.25) is 5.91 Å². The Morgan fingerprint density at radius 2 is 0.549 bits per heavy atom. The molecule has 0 aromatic carbocycles. The second kappa shape index (κ2) is 80.5. The zero-order chi connectivity index (χ0) is 65.6. The standard InChI is InChI=1S/C85H163NO5/c1-3-5-7-9-11-13-15-17-19-21-22-23-39-42-46-49-53-57-61-65-69-73-77-83(88)82(81-87)86-84(89)78-74-70-66-62-58-54-50-47-43-40-37-35-33-31-29-27-25-24-26-28-30-32-34-36-38-41-44-48-52-56-60-64-68-72-76-80-91-85(90)79-75-71-67-63-59-55-51-45-20-18-16-14-12-10-8-6-4-2/h26,28,32,34,73,77,82-83,87-88H,3-25,27,29-31,33,35-72,74-76,78-81H2,1-2H3,(H,86,89)/b28-26-,34-32-,77-73+. The number of aliphatic hydroxyl groups excluding tert-OH is 2. The minimum atomic E-state index is -0.844. The van der Waals surface area contributed by atoms with Gasteiger partial charge in [0.05, 0.1) is 25.4 Å². The average molecular weight is 1280 g/mol. The van der Waals surface area contributed by atoms with Gasteiger partial charge in [0.15, 0.2) is 0 Å². The number of unbranched alkanes of at least 4 members (excludes halogenated alkanes) is 64. The molecule has 2 atom stereocenters. The molecule has 0 saturated carbocycles. The first kappa shape index (κ1) is 89.1. The van der Waals surface area contributed by atoms with Crippen LogP contribution in [-0.2, 0) is 14.3 Å². The Kier molecular flexibility index (Phi) is 78.8. The Morgan fingerprint density at radius 3 is 0.835 bits per heavy atom. The molecule has 0 aliphatic rings. The van der Waals surface area contributed by atoms with Gasteiger partial charge in [-0.2, -0.15) is 0 Å². The van der Waals surface area contributed by atoms with Crippen LogP contribution in [0.4, 0.5) is 0 Å². The molecule has 0 saturated heterocycles. The number of hydrogen-bond donors (Lipinski definition) is 3. The molecule has 0 aliphatic heterocycles. The molecule has 0 spiro atoms. The number of ether oxygens (including phenoxy) is 1. The largest absolute Gasteiger partial charge is 0.466 e. The summed E-state index contributed by atoms with van der Waals surface area (Å²) >= 11 is 0. The van der Waals surface area contributed by atoms with E-state index in [4.69, 9.17) is 4.74 Å². The highest BCUT2D eigenvalue weighted by Gasteiger charge is 2.18. The van der Waals surface area contributed by atoms with Gasteiger partial charge in [0.1, 0.15) is 0 Å². The lowest BCUT2D eigenvalue weighted by molar-refractivity contribution is -0.143. The van der Waals surface area contributed by atoms with Crippen molar-refractivity contribution < 1.29 is 24.5 Å². The van der Waals surface area contributed by atoms with Crippen LogP contribution in [0.1, 0.15) is 470 Å². The summed E-state index contributed by atoms with van der Waals surface area (Å²) in [6.07, 6.45) is 106. The number of rotatable bonds is 79. The molecule has 1 amide bonds. The van der Waals surface area contributed by atoms with Gasteiger partial charge >= 0.3 is 5.97 Å². The molecule has 0 aromatic heterocycles. The van der Waals surface area contributed by atoms with Gasteiger partial charge < -0.3 is 20.3 Å². The van der Waals surface area contributed by atoms with Crippen LogP contribution in [-0.4, -0.2) is 47.4 Å². The quantitative estimate of drug-likeness (QED) is 0.0320. The summed E-state index contributed by atoms with van der Waals surface area (Å²) in [5.41, 5.74) is 0. The van der Waals surface area contributed by atoms with Gasteiger partial charge in [-0.15, -0.1) is 0 Å². The molecule has 0 aliphatic carbocycles. The van der Waals surface area contributed by atoms with E-state index >= 15 is 0 Å². The van der Waals surface area contributed by atoms with Gasteiger partial charge in [0, 0.05) is 12.8 Å². The maximum Gasteiger partial charge on any atom is 0.305 e. The van der Waals surface area contributed by atoms with E-state index in [2.05, 4.69) is 43.5 Å². The van der Waals surface area contributed by atoms with Crippen molar-refractivity contribution in [2.75, 3.05) is 13.2 Å². The number of carbonyl (C=O) groups is 2. The zero-order valence-corrected chi connectivity index (χ0v) is 61.9. The molecule has 6 nitrogen and oxygen atoms in total. The fourth-order valence-corrected chi connectivity index (χ4v) is 13.3. The number of allylic oxidation sites excluding steroid dienone is 5. The van der Waals surface area contributed by atoms with Gasteiger partial charge in [-0.3, -0.25) is 9.59 Å². The van der Waals surface area contributed by atoms with E-state index in [9.17, 15) is 19.8 Å². The summed E-state index contributed by atoms with van der Waals surface area (Å²) in [4.78, 5) is 24.7. The topological polar surface area (TPSA) is 95.9 Å². The predicted molar refractivity (Wildman–Crippen MR) is 403 cm³/mol. The molecular weight excluding hydrogens is 1110 g/mol. The number of esters is 1. The molecule has 0 fully saturated rings. The SMILES string of the molecule is CCCCCCCCCCCCCCCCCCCCCC/C=C/C(O)C(CO)NC(=O)CCCCCCCCCCCCCCCCCCC/C=C\C/C=C\CCCCCCCCCCCCCOC(=O)CCCCCCCCCCCCCCCCCCC. The highest BCUT2D eigenvalue weighted by atomic mass is 16.5. The number of aliphatic hydroxyl groups is 2. The second-order valence-electron chi connectivity index (χ2n) is 28.8. The average Bonchev–Trinajstić information content (AvgIpc) is 3.75. The molecule has 3 N–H and O–H groups in total. The minimum absolute atomic E-state index is 0.0215. The number of carbonyl (C=O) groups excluding carboxylic acids is 2. The molecule has 2 unspecified atom stereocenters. The summed E-state index contributed by atoms with van der Waals surface area (Å²) in [7, 11) is 0. The van der Waals surface area contributed by atoms with Crippen LogP contribution in [0.15, 0.2) is 36.5 Å². The summed E-state index contributed by atoms with van der Waals surface area (Å²) in [5.74, 6) is -0.0393. The van der Waals surface area contributed by atoms with Crippen molar-refractivity contribution in [2.24, 2.45) is 0 Å². The van der Waals surface area contributed by atoms with Crippen LogP contribution in [0, 0.1) is 0 Å². The molecule has 91 heavy (non-hydrogen) atoms. The van der Waals surface area contributed by atoms with Crippen LogP contribution >= 0.6 is 0 Å². The third-order valence-corrected chi connectivity index (χ3v) is 19.7. The summed E-state index contributed by atoms with van der Waals surface area (Å²) in [6, 6.07) is -0.628. The lowest BCUT2D eigenvalue weighted by Gasteiger charge is -2.20. The van der Waals surface area contributed by atoms with Crippen molar-refractivity contribution in [2.45, 2.75) is 482 Å². The smallest absolute Gasteiger partial charge is 0.305 e. The molecular formula is C85H163NO5. The zero-order valence-electron chi connectivity index (χ0n) is 61.9. The minimum Gasteiger partial charge on any atom is -0.466 e. The van der Waals surface area contributed by atoms with Gasteiger partial charge in [-0.05, 0) is 64.2 Å². The van der Waals surface area contributed by atoms with E-state index in [-0.39, 0.29) is 18.5 Å². The molecule has 0 rings (SSSR count). The first-order chi connectivity index (χ1) is 45.0. The number of hydrogen-bond acceptors (Lipinski definition) is 5. The second-order valence-corrected chi connectivity index (χ2v) is 28.8. The van der Waals surface area contributed by atoms with Crippen molar-refractivity contribution in [3.63, 3.8) is 0 Å². The van der Waals surface area contributed by atoms with Crippen molar-refractivity contribution >= 4 is 11.9 Å². The highest BCUT2D eigenvalue weighted by molar-refractivity contribution is 5.76. The van der Waals surface area contributed by atoms with E-state index in [1.165, 1.54) is 398 Å². The van der Waals surface area contributed by atoms with Crippen molar-refractivity contribution in [3.05, 3.63) is 36.5 Å². The Balaban J connectivity index is 3.38. The number of amides is 1. The molecule has 0 heterocycles. The van der Waals surface area contributed by atoms with Crippen molar-refractivity contribution in [1.82, 2.24) is 5.32 Å². The van der Waals surface area contributed by atoms with Crippen LogP contribution in [0.3, 0.4) is 0 Å². The fourth-order valence-electron chi connectivity index (χ4n) is 13.3. The lowest BCUT2D eigenvalue weighted by Crippen LogP contribution is -2.45. The third kappa shape index (κ3) is 77.0. The highest BCUT2D eigenvalue weighted by Crippen LogP contribution is 2.20. The Bertz CT molecular complexity index is 1470. The first-order valence-electron chi connectivity index (χ1n) is 41.8. The summed E-state index contributed by atoms with van der Waals surface area (Å²) in [5, 5.41) is 23.3. The molecule has 538 valence electrons. The Morgan fingerprint density at radius 1 is 0.308 bits per heavy atom. The van der Waals surface area contributed by atoms with E-state index in [0.717, 1.165) is 44.9 Å². The Hall–Kier alpha value is -1.92. The van der Waals surface area contributed by atoms with E-state index in [1.54, 1.807) is 6.08 Å². The fraction of sp³-hybridized carbons (Fsp3) is 0.906. The predicted octanol–water partition coefficient (Wildman–Crippen LogP) is 27.8. The maximum absolute atomic E-state index is 12.6. The van der Waals surface area contributed by atoms with Crippen LogP contribution in [0.25, 0.3) is 0 Å². The summed E-state index contributed by atoms with van der Waals surface area (Å²) < 4.78 is 5.51.